The van der Waals surface area contributed by atoms with Crippen LogP contribution in [-0.4, -0.2) is 66.4 Å². The molecular weight excluding hydrogens is 518 g/mol. The van der Waals surface area contributed by atoms with E-state index in [-0.39, 0.29) is 23.8 Å². The average molecular weight is 558 g/mol. The van der Waals surface area contributed by atoms with Crippen LogP contribution in [0.4, 0.5) is 5.82 Å². The molecule has 1 saturated heterocycles. The molecule has 4 aromatic rings. The summed E-state index contributed by atoms with van der Waals surface area (Å²) in [4.78, 5) is 18.6. The Morgan fingerprint density at radius 1 is 1.05 bits per heavy atom. The van der Waals surface area contributed by atoms with Crippen molar-refractivity contribution in [1.29, 1.82) is 0 Å². The lowest BCUT2D eigenvalue weighted by Crippen LogP contribution is -2.27. The van der Waals surface area contributed by atoms with Crippen molar-refractivity contribution in [3.63, 3.8) is 0 Å². The maximum Gasteiger partial charge on any atom is 0.266 e. The van der Waals surface area contributed by atoms with Crippen molar-refractivity contribution in [2.75, 3.05) is 25.0 Å². The first kappa shape index (κ1) is 27.4. The molecule has 1 aliphatic carbocycles. The van der Waals surface area contributed by atoms with Crippen LogP contribution in [0.1, 0.15) is 51.1 Å². The number of nitrogens with one attached hydrogen (secondary N) is 1. The fourth-order valence-electron chi connectivity index (χ4n) is 6.13. The van der Waals surface area contributed by atoms with Crippen LogP contribution in [-0.2, 0) is 13.6 Å². The Balaban J connectivity index is 1.22. The van der Waals surface area contributed by atoms with Gasteiger partial charge in [0.1, 0.15) is 17.6 Å². The lowest BCUT2D eigenvalue weighted by Gasteiger charge is -2.29. The maximum absolute atomic E-state index is 11.7. The quantitative estimate of drug-likeness (QED) is 0.335. The topological polar surface area (TPSA) is 110 Å². The van der Waals surface area contributed by atoms with Crippen LogP contribution >= 0.6 is 0 Å². The van der Waals surface area contributed by atoms with Gasteiger partial charge in [-0.2, -0.15) is 5.10 Å². The second kappa shape index (κ2) is 11.6. The van der Waals surface area contributed by atoms with Crippen LogP contribution in [0.25, 0.3) is 22.2 Å². The van der Waals surface area contributed by atoms with Crippen molar-refractivity contribution in [1.82, 2.24) is 29.4 Å². The van der Waals surface area contributed by atoms with Gasteiger partial charge in [-0.25, -0.2) is 9.67 Å². The highest BCUT2D eigenvalue weighted by atomic mass is 16.5. The molecule has 2 atom stereocenters. The summed E-state index contributed by atoms with van der Waals surface area (Å²) in [6.07, 6.45) is 5.40. The summed E-state index contributed by atoms with van der Waals surface area (Å²) in [5.41, 5.74) is 4.18. The number of nitrogens with zero attached hydrogens (tertiary/aromatic N) is 6. The fourth-order valence-corrected chi connectivity index (χ4v) is 6.13. The van der Waals surface area contributed by atoms with E-state index in [1.54, 1.807) is 13.1 Å². The van der Waals surface area contributed by atoms with E-state index in [9.17, 15) is 9.90 Å². The van der Waals surface area contributed by atoms with Gasteiger partial charge in [-0.15, -0.1) is 5.10 Å². The summed E-state index contributed by atoms with van der Waals surface area (Å²) in [7, 11) is 1.63. The number of aromatic nitrogens is 5. The lowest BCUT2D eigenvalue weighted by atomic mass is 9.93. The molecule has 1 saturated carbocycles. The number of rotatable bonds is 8. The van der Waals surface area contributed by atoms with Crippen molar-refractivity contribution >= 4 is 16.7 Å². The molecule has 0 spiro atoms. The van der Waals surface area contributed by atoms with Gasteiger partial charge in [0.2, 0.25) is 5.88 Å². The highest BCUT2D eigenvalue weighted by Gasteiger charge is 2.29. The number of ether oxygens (including phenoxy) is 1. The number of anilines is 1. The molecule has 216 valence electrons. The van der Waals surface area contributed by atoms with Gasteiger partial charge in [-0.05, 0) is 44.1 Å². The summed E-state index contributed by atoms with van der Waals surface area (Å²) in [5, 5.41) is 23.9. The molecular formula is C31H39N7O3. The number of hydrogen-bond donors (Lipinski definition) is 2. The number of aryl methyl sites for hydroxylation is 1. The van der Waals surface area contributed by atoms with Crippen LogP contribution in [0.5, 0.6) is 5.88 Å². The minimum Gasteiger partial charge on any atom is -0.473 e. The summed E-state index contributed by atoms with van der Waals surface area (Å²) in [6, 6.07) is 14.2. The Hall–Kier alpha value is -3.76. The number of likely N-dealkylation sites (tertiary alicyclic amines) is 1. The zero-order valence-corrected chi connectivity index (χ0v) is 24.0. The van der Waals surface area contributed by atoms with Gasteiger partial charge in [0.05, 0.1) is 17.7 Å². The first-order chi connectivity index (χ1) is 19.9. The number of aliphatic hydroxyl groups excluding tert-OH is 1. The van der Waals surface area contributed by atoms with Gasteiger partial charge in [-0.1, -0.05) is 31.2 Å². The molecule has 10 heteroatoms. The number of hydrogen-bond acceptors (Lipinski definition) is 8. The number of fused-ring (bicyclic) bond motifs is 1. The molecule has 0 bridgehead atoms. The minimum absolute atomic E-state index is 0.0591. The van der Waals surface area contributed by atoms with E-state index in [4.69, 9.17) is 9.84 Å². The molecule has 2 aliphatic rings. The van der Waals surface area contributed by atoms with Gasteiger partial charge in [-0.3, -0.25) is 14.4 Å². The largest absolute Gasteiger partial charge is 0.473 e. The van der Waals surface area contributed by atoms with E-state index >= 15 is 0 Å². The lowest BCUT2D eigenvalue weighted by molar-refractivity contribution is 0.123. The number of aliphatic hydroxyl groups is 1. The summed E-state index contributed by atoms with van der Waals surface area (Å²) in [6.45, 7) is 7.47. The molecule has 10 nitrogen and oxygen atoms in total. The second-order valence-electron chi connectivity index (χ2n) is 11.5. The first-order valence-corrected chi connectivity index (χ1v) is 14.7. The van der Waals surface area contributed by atoms with Crippen molar-refractivity contribution < 1.29 is 9.84 Å². The Kier molecular flexibility index (Phi) is 7.77. The van der Waals surface area contributed by atoms with Crippen molar-refractivity contribution in [2.24, 2.45) is 13.0 Å². The molecule has 0 unspecified atom stereocenters. The molecule has 6 rings (SSSR count). The third-order valence-electron chi connectivity index (χ3n) is 8.44. The van der Waals surface area contributed by atoms with Crippen LogP contribution in [0.15, 0.2) is 53.5 Å². The molecule has 41 heavy (non-hydrogen) atoms. The average Bonchev–Trinajstić information content (AvgIpc) is 3.50. The molecule has 2 N–H and O–H groups in total. The highest BCUT2D eigenvalue weighted by molar-refractivity contribution is 5.94. The predicted molar refractivity (Wildman–Crippen MR) is 159 cm³/mol. The SMILES string of the molecule is CCNc1cc2c(cn1)c(-c1ccc(CN3C[C@H](C)[C@@H](O)C3)cc1)nn2[C@H]1CC[C@@H](Oc2ccc(=O)n(C)n2)CC1. The number of β-amino-alcohol motifs (C(OH)–C–C–N with tert-alkyl or cyclic N) is 1. The molecule has 0 amide bonds. The monoisotopic (exact) mass is 557 g/mol. The zero-order valence-electron chi connectivity index (χ0n) is 24.0. The van der Waals surface area contributed by atoms with Gasteiger partial charge < -0.3 is 15.2 Å². The highest BCUT2D eigenvalue weighted by Crippen LogP contribution is 2.36. The van der Waals surface area contributed by atoms with Crippen LogP contribution in [0.3, 0.4) is 0 Å². The standard InChI is InChI=1S/C31H39N7O3/c1-4-32-28-15-26-25(16-33-28)31(22-7-5-21(6-8-22)18-37-17-20(2)27(39)19-37)35-38(26)23-9-11-24(12-10-23)41-29-13-14-30(40)36(3)34-29/h5-8,13-16,20,23-24,27,39H,4,9-12,17-19H2,1-3H3,(H,32,33)/t20-,23-,24+,27-/m0/s1. The number of benzene rings is 1. The minimum atomic E-state index is -0.240. The molecule has 3 aromatic heterocycles. The van der Waals surface area contributed by atoms with E-state index in [1.165, 1.54) is 16.3 Å². The van der Waals surface area contributed by atoms with E-state index < -0.39 is 0 Å². The maximum atomic E-state index is 11.7. The summed E-state index contributed by atoms with van der Waals surface area (Å²) < 4.78 is 9.61. The van der Waals surface area contributed by atoms with Crippen LogP contribution < -0.4 is 15.6 Å². The van der Waals surface area contributed by atoms with E-state index in [0.29, 0.717) is 11.8 Å². The van der Waals surface area contributed by atoms with Gasteiger partial charge in [0, 0.05) is 68.6 Å². The van der Waals surface area contributed by atoms with Gasteiger partial charge >= 0.3 is 0 Å². The number of pyridine rings is 1. The Morgan fingerprint density at radius 2 is 1.83 bits per heavy atom. The first-order valence-electron chi connectivity index (χ1n) is 14.7. The van der Waals surface area contributed by atoms with Gasteiger partial charge in [0.15, 0.2) is 0 Å². The second-order valence-corrected chi connectivity index (χ2v) is 11.5. The van der Waals surface area contributed by atoms with Crippen molar-refractivity contribution in [3.05, 3.63) is 64.6 Å². The zero-order chi connectivity index (χ0) is 28.5. The molecule has 4 heterocycles. The summed E-state index contributed by atoms with van der Waals surface area (Å²) >= 11 is 0. The predicted octanol–water partition coefficient (Wildman–Crippen LogP) is 4.00. The van der Waals surface area contributed by atoms with Crippen molar-refractivity contribution in [2.45, 2.75) is 64.3 Å². The normalized spacial score (nSPS) is 23.2. The fraction of sp³-hybridized carbons (Fsp3) is 0.484. The van der Waals surface area contributed by atoms with E-state index in [2.05, 4.69) is 69.2 Å². The third-order valence-corrected chi connectivity index (χ3v) is 8.44. The van der Waals surface area contributed by atoms with Gasteiger partial charge in [0.25, 0.3) is 5.56 Å². The Morgan fingerprint density at radius 3 is 2.51 bits per heavy atom. The Labute approximate surface area is 240 Å². The smallest absolute Gasteiger partial charge is 0.266 e. The molecule has 1 aliphatic heterocycles. The summed E-state index contributed by atoms with van der Waals surface area (Å²) in [5.74, 6) is 1.65. The molecule has 2 fully saturated rings. The van der Waals surface area contributed by atoms with E-state index in [0.717, 1.165) is 79.8 Å². The van der Waals surface area contributed by atoms with Crippen molar-refractivity contribution in [3.8, 4) is 17.1 Å². The molecule has 0 radical (unpaired) electrons. The van der Waals surface area contributed by atoms with E-state index in [1.807, 2.05) is 6.20 Å². The van der Waals surface area contributed by atoms with Crippen LogP contribution in [0.2, 0.25) is 0 Å². The van der Waals surface area contributed by atoms with Crippen LogP contribution in [0, 0.1) is 5.92 Å². The molecule has 1 aromatic carbocycles. The third kappa shape index (κ3) is 5.85. The Bertz CT molecular complexity index is 1550.